The topological polar surface area (TPSA) is 105 Å². The minimum absolute atomic E-state index is 0.0801. The maximum absolute atomic E-state index is 13.0. The van der Waals surface area contributed by atoms with E-state index < -0.39 is 18.1 Å². The second kappa shape index (κ2) is 12.2. The third kappa shape index (κ3) is 6.14. The van der Waals surface area contributed by atoms with Gasteiger partial charge in [0.1, 0.15) is 12.6 Å². The normalized spacial score (nSPS) is 13.0. The van der Waals surface area contributed by atoms with Gasteiger partial charge in [-0.25, -0.2) is 4.79 Å². The lowest BCUT2D eigenvalue weighted by molar-refractivity contribution is -0.139. The molecule has 2 aromatic rings. The molecule has 1 aliphatic carbocycles. The Labute approximate surface area is 199 Å². The van der Waals surface area contributed by atoms with E-state index in [1.807, 2.05) is 36.4 Å². The fraction of sp³-hybridized carbons (Fsp3) is 0.423. The molecule has 0 spiro atoms. The number of amides is 2. The van der Waals surface area contributed by atoms with E-state index in [9.17, 15) is 14.4 Å². The number of carboxylic acids is 1. The summed E-state index contributed by atoms with van der Waals surface area (Å²) in [5, 5.41) is 11.7. The first-order valence-electron chi connectivity index (χ1n) is 11.6. The number of carbonyl (C=O) groups is 3. The lowest BCUT2D eigenvalue weighted by atomic mass is 9.98. The Morgan fingerprint density at radius 3 is 2.24 bits per heavy atom. The molecule has 0 saturated carbocycles. The van der Waals surface area contributed by atoms with Crippen molar-refractivity contribution in [3.05, 3.63) is 59.7 Å². The smallest absolute Gasteiger partial charge is 0.407 e. The maximum Gasteiger partial charge on any atom is 0.407 e. The van der Waals surface area contributed by atoms with Gasteiger partial charge in [0.15, 0.2) is 0 Å². The van der Waals surface area contributed by atoms with Crippen molar-refractivity contribution in [2.24, 2.45) is 0 Å². The van der Waals surface area contributed by atoms with Crippen LogP contribution in [-0.4, -0.2) is 67.4 Å². The van der Waals surface area contributed by atoms with Crippen molar-refractivity contribution >= 4 is 18.0 Å². The molecule has 3 rings (SSSR count). The summed E-state index contributed by atoms with van der Waals surface area (Å²) in [6, 6.07) is 15.3. The van der Waals surface area contributed by atoms with Gasteiger partial charge in [-0.05, 0) is 42.0 Å². The number of benzene rings is 2. The van der Waals surface area contributed by atoms with E-state index in [1.54, 1.807) is 14.0 Å². The molecule has 1 unspecified atom stereocenters. The number of ether oxygens (including phenoxy) is 2. The summed E-state index contributed by atoms with van der Waals surface area (Å²) in [6.45, 7) is 2.79. The van der Waals surface area contributed by atoms with Crippen molar-refractivity contribution in [1.29, 1.82) is 0 Å². The zero-order valence-electron chi connectivity index (χ0n) is 19.7. The monoisotopic (exact) mass is 468 g/mol. The van der Waals surface area contributed by atoms with Gasteiger partial charge in [0.05, 0.1) is 6.42 Å². The largest absolute Gasteiger partial charge is 0.481 e. The quantitative estimate of drug-likeness (QED) is 0.461. The summed E-state index contributed by atoms with van der Waals surface area (Å²) in [6.07, 6.45) is 0.0925. The highest BCUT2D eigenvalue weighted by atomic mass is 16.5. The Morgan fingerprint density at radius 1 is 1.06 bits per heavy atom. The number of carboxylic acid groups (broad SMARTS) is 1. The summed E-state index contributed by atoms with van der Waals surface area (Å²) in [5.74, 6) is -1.39. The highest BCUT2D eigenvalue weighted by molar-refractivity contribution is 5.86. The average Bonchev–Trinajstić information content (AvgIpc) is 3.16. The Kier molecular flexibility index (Phi) is 9.04. The number of alkyl carbamates (subject to hydrolysis) is 1. The van der Waals surface area contributed by atoms with E-state index in [0.29, 0.717) is 26.0 Å². The molecule has 0 fully saturated rings. The Morgan fingerprint density at radius 2 is 1.68 bits per heavy atom. The molecule has 8 heteroatoms. The number of hydrogen-bond acceptors (Lipinski definition) is 5. The minimum atomic E-state index is -0.980. The van der Waals surface area contributed by atoms with Crippen LogP contribution < -0.4 is 5.32 Å². The number of rotatable bonds is 12. The molecule has 34 heavy (non-hydrogen) atoms. The number of likely N-dealkylation sites (N-methyl/N-ethyl adjacent to an activating group) is 1. The average molecular weight is 469 g/mol. The fourth-order valence-corrected chi connectivity index (χ4v) is 4.35. The van der Waals surface area contributed by atoms with Gasteiger partial charge in [0, 0.05) is 32.7 Å². The van der Waals surface area contributed by atoms with Crippen LogP contribution >= 0.6 is 0 Å². The van der Waals surface area contributed by atoms with E-state index >= 15 is 0 Å². The van der Waals surface area contributed by atoms with Gasteiger partial charge in [-0.1, -0.05) is 48.5 Å². The molecule has 1 atom stereocenters. The predicted molar refractivity (Wildman–Crippen MR) is 128 cm³/mol. The Balaban J connectivity index is 1.66. The molecule has 0 aliphatic heterocycles. The van der Waals surface area contributed by atoms with Crippen LogP contribution in [0.25, 0.3) is 11.1 Å². The lowest BCUT2D eigenvalue weighted by Gasteiger charge is -2.26. The first kappa shape index (κ1) is 25.2. The standard InChI is InChI=1S/C26H32N2O6/c1-3-28(15-14-24(29)30)25(31)23(13-8-16-33-2)27-26(32)34-17-22-20-11-6-4-9-18(20)19-10-5-7-12-21(19)22/h4-7,9-12,22-23H,3,8,13-17H2,1-2H3,(H,27,32)(H,29,30). The first-order chi connectivity index (χ1) is 16.5. The van der Waals surface area contributed by atoms with Crippen LogP contribution in [0.4, 0.5) is 4.79 Å². The van der Waals surface area contributed by atoms with Crippen LogP contribution in [0.5, 0.6) is 0 Å². The maximum atomic E-state index is 13.0. The molecule has 2 amide bonds. The van der Waals surface area contributed by atoms with Gasteiger partial charge in [0.2, 0.25) is 5.91 Å². The number of nitrogens with zero attached hydrogens (tertiary/aromatic N) is 1. The summed E-state index contributed by atoms with van der Waals surface area (Å²) in [5.41, 5.74) is 4.48. The van der Waals surface area contributed by atoms with Crippen molar-refractivity contribution in [2.75, 3.05) is 33.4 Å². The lowest BCUT2D eigenvalue weighted by Crippen LogP contribution is -2.49. The molecule has 1 aliphatic rings. The third-order valence-electron chi connectivity index (χ3n) is 6.06. The second-order valence-corrected chi connectivity index (χ2v) is 8.22. The predicted octanol–water partition coefficient (Wildman–Crippen LogP) is 3.64. The fourth-order valence-electron chi connectivity index (χ4n) is 4.35. The van der Waals surface area contributed by atoms with Crippen LogP contribution in [0.1, 0.15) is 43.2 Å². The van der Waals surface area contributed by atoms with Gasteiger partial charge in [-0.2, -0.15) is 0 Å². The summed E-state index contributed by atoms with van der Waals surface area (Å²) < 4.78 is 10.7. The van der Waals surface area contributed by atoms with E-state index in [4.69, 9.17) is 14.6 Å². The van der Waals surface area contributed by atoms with E-state index in [-0.39, 0.29) is 31.4 Å². The van der Waals surface area contributed by atoms with Gasteiger partial charge >= 0.3 is 12.1 Å². The van der Waals surface area contributed by atoms with Crippen LogP contribution in [0.2, 0.25) is 0 Å². The third-order valence-corrected chi connectivity index (χ3v) is 6.06. The van der Waals surface area contributed by atoms with Gasteiger partial charge in [-0.3, -0.25) is 9.59 Å². The molecular formula is C26H32N2O6. The first-order valence-corrected chi connectivity index (χ1v) is 11.6. The molecule has 2 N–H and O–H groups in total. The second-order valence-electron chi connectivity index (χ2n) is 8.22. The molecular weight excluding hydrogens is 436 g/mol. The SMILES string of the molecule is CCN(CCC(=O)O)C(=O)C(CCCOC)NC(=O)OCC1c2ccccc2-c2ccccc21. The van der Waals surface area contributed by atoms with Gasteiger partial charge < -0.3 is 24.8 Å². The minimum Gasteiger partial charge on any atom is -0.481 e. The summed E-state index contributed by atoms with van der Waals surface area (Å²) in [7, 11) is 1.57. The summed E-state index contributed by atoms with van der Waals surface area (Å²) in [4.78, 5) is 38.1. The van der Waals surface area contributed by atoms with Crippen LogP contribution in [0.15, 0.2) is 48.5 Å². The van der Waals surface area contributed by atoms with E-state index in [1.165, 1.54) is 4.90 Å². The zero-order valence-corrected chi connectivity index (χ0v) is 19.7. The highest BCUT2D eigenvalue weighted by Gasteiger charge is 2.30. The van der Waals surface area contributed by atoms with Crippen LogP contribution in [0.3, 0.4) is 0 Å². The summed E-state index contributed by atoms with van der Waals surface area (Å²) >= 11 is 0. The zero-order chi connectivity index (χ0) is 24.5. The van der Waals surface area contributed by atoms with Crippen molar-refractivity contribution in [3.63, 3.8) is 0 Å². The number of aliphatic carboxylic acids is 1. The number of methoxy groups -OCH3 is 1. The van der Waals surface area contributed by atoms with Crippen LogP contribution in [-0.2, 0) is 19.1 Å². The molecule has 0 radical (unpaired) electrons. The number of fused-ring (bicyclic) bond motifs is 3. The molecule has 0 aromatic heterocycles. The van der Waals surface area contributed by atoms with Gasteiger partial charge in [0.25, 0.3) is 0 Å². The van der Waals surface area contributed by atoms with E-state index in [2.05, 4.69) is 17.4 Å². The number of hydrogen-bond donors (Lipinski definition) is 2. The van der Waals surface area contributed by atoms with Crippen LogP contribution in [0, 0.1) is 0 Å². The molecule has 0 heterocycles. The highest BCUT2D eigenvalue weighted by Crippen LogP contribution is 2.44. The molecule has 2 aromatic carbocycles. The van der Waals surface area contributed by atoms with Crippen molar-refractivity contribution in [3.8, 4) is 11.1 Å². The number of carbonyl (C=O) groups excluding carboxylic acids is 2. The number of nitrogens with one attached hydrogen (secondary N) is 1. The van der Waals surface area contributed by atoms with Crippen molar-refractivity contribution in [2.45, 2.75) is 38.1 Å². The molecule has 8 nitrogen and oxygen atoms in total. The van der Waals surface area contributed by atoms with Crippen molar-refractivity contribution in [1.82, 2.24) is 10.2 Å². The van der Waals surface area contributed by atoms with Crippen molar-refractivity contribution < 1.29 is 29.0 Å². The molecule has 182 valence electrons. The molecule has 0 saturated heterocycles. The Bertz CT molecular complexity index is 963. The Hall–Kier alpha value is -3.39. The van der Waals surface area contributed by atoms with E-state index in [0.717, 1.165) is 22.3 Å². The van der Waals surface area contributed by atoms with Gasteiger partial charge in [-0.15, -0.1) is 0 Å². The molecule has 0 bridgehead atoms.